The van der Waals surface area contributed by atoms with Crippen molar-refractivity contribution in [3.05, 3.63) is 24.3 Å². The van der Waals surface area contributed by atoms with E-state index in [1.807, 2.05) is 18.2 Å². The molecule has 0 saturated heterocycles. The fraction of sp³-hybridized carbons (Fsp3) is 0.500. The van der Waals surface area contributed by atoms with E-state index in [-0.39, 0.29) is 12.0 Å². The zero-order chi connectivity index (χ0) is 14.8. The molecule has 1 aromatic carbocycles. The monoisotopic (exact) mass is 289 g/mol. The Hall–Kier alpha value is -2.04. The molecule has 0 aliphatic heterocycles. The number of amides is 1. The molecular weight excluding hydrogens is 270 g/mol. The maximum atomic E-state index is 12.0. The molecule has 21 heavy (non-hydrogen) atoms. The van der Waals surface area contributed by atoms with Gasteiger partial charge in [0, 0.05) is 0 Å². The Morgan fingerprint density at radius 1 is 1.14 bits per heavy atom. The van der Waals surface area contributed by atoms with Crippen molar-refractivity contribution in [2.45, 2.75) is 38.2 Å². The zero-order valence-electron chi connectivity index (χ0n) is 11.7. The van der Waals surface area contributed by atoms with Crippen LogP contribution in [0.3, 0.4) is 0 Å². The third kappa shape index (κ3) is 3.17. The van der Waals surface area contributed by atoms with Crippen molar-refractivity contribution in [2.24, 2.45) is 11.8 Å². The number of hydrogen-bond donors (Lipinski definition) is 2. The van der Waals surface area contributed by atoms with Crippen molar-refractivity contribution in [1.82, 2.24) is 0 Å². The van der Waals surface area contributed by atoms with Gasteiger partial charge in [-0.3, -0.25) is 9.59 Å². The maximum absolute atomic E-state index is 12.0. The molecule has 1 aromatic rings. The number of rotatable bonds is 5. The third-order valence-electron chi connectivity index (χ3n) is 4.19. The molecule has 0 spiro atoms. The van der Waals surface area contributed by atoms with Crippen molar-refractivity contribution in [1.29, 1.82) is 0 Å². The molecule has 5 nitrogen and oxygen atoms in total. The van der Waals surface area contributed by atoms with Gasteiger partial charge in [0.15, 0.2) is 0 Å². The van der Waals surface area contributed by atoms with Crippen molar-refractivity contribution in [3.8, 4) is 5.75 Å². The lowest BCUT2D eigenvalue weighted by molar-refractivity contribution is -0.139. The fourth-order valence-corrected chi connectivity index (χ4v) is 2.84. The van der Waals surface area contributed by atoms with Crippen LogP contribution in [0.2, 0.25) is 0 Å². The lowest BCUT2D eigenvalue weighted by Crippen LogP contribution is -2.18. The number of aliphatic carboxylic acids is 1. The summed E-state index contributed by atoms with van der Waals surface area (Å²) in [4.78, 5) is 22.9. The van der Waals surface area contributed by atoms with E-state index >= 15 is 0 Å². The number of carboxylic acids is 1. The molecule has 2 N–H and O–H groups in total. The standard InChI is InChI=1S/C16H19NO4/c18-15(11-9-12(11)16(19)20)17-13-7-3-4-8-14(13)21-10-5-1-2-6-10/h3-4,7-8,10-12H,1-2,5-6,9H2,(H,17,18)(H,19,20)/t11-,12-/m0/s1. The Morgan fingerprint density at radius 2 is 1.86 bits per heavy atom. The Labute approximate surface area is 123 Å². The van der Waals surface area contributed by atoms with Gasteiger partial charge in [0.2, 0.25) is 5.91 Å². The van der Waals surface area contributed by atoms with Gasteiger partial charge in [-0.05, 0) is 44.2 Å². The first-order chi connectivity index (χ1) is 10.1. The van der Waals surface area contributed by atoms with E-state index in [9.17, 15) is 9.59 Å². The average Bonchev–Trinajstić information content (AvgIpc) is 3.12. The van der Waals surface area contributed by atoms with E-state index in [2.05, 4.69) is 5.32 Å². The Bertz CT molecular complexity index is 551. The maximum Gasteiger partial charge on any atom is 0.307 e. The lowest BCUT2D eigenvalue weighted by atomic mass is 10.2. The van der Waals surface area contributed by atoms with Gasteiger partial charge in [-0.25, -0.2) is 0 Å². The van der Waals surface area contributed by atoms with Crippen LogP contribution in [0.4, 0.5) is 5.69 Å². The first-order valence-corrected chi connectivity index (χ1v) is 7.44. The van der Waals surface area contributed by atoms with Gasteiger partial charge in [-0.15, -0.1) is 0 Å². The highest BCUT2D eigenvalue weighted by molar-refractivity contribution is 5.99. The molecule has 2 atom stereocenters. The number of carbonyl (C=O) groups is 2. The van der Waals surface area contributed by atoms with Crippen LogP contribution in [0, 0.1) is 11.8 Å². The number of para-hydroxylation sites is 2. The highest BCUT2D eigenvalue weighted by Crippen LogP contribution is 2.40. The first kappa shape index (κ1) is 13.9. The average molecular weight is 289 g/mol. The Balaban J connectivity index is 1.65. The quantitative estimate of drug-likeness (QED) is 0.873. The SMILES string of the molecule is O=C(O)[C@H]1C[C@@H]1C(=O)Nc1ccccc1OC1CCCC1. The molecule has 5 heteroatoms. The van der Waals surface area contributed by atoms with Gasteiger partial charge < -0.3 is 15.2 Å². The zero-order valence-corrected chi connectivity index (χ0v) is 11.7. The van der Waals surface area contributed by atoms with E-state index in [4.69, 9.17) is 9.84 Å². The Morgan fingerprint density at radius 3 is 2.52 bits per heavy atom. The topological polar surface area (TPSA) is 75.6 Å². The summed E-state index contributed by atoms with van der Waals surface area (Å²) in [7, 11) is 0. The van der Waals surface area contributed by atoms with Crippen molar-refractivity contribution >= 4 is 17.6 Å². The van der Waals surface area contributed by atoms with E-state index in [0.29, 0.717) is 17.9 Å². The molecule has 0 heterocycles. The van der Waals surface area contributed by atoms with Crippen LogP contribution in [0.1, 0.15) is 32.1 Å². The normalized spacial score (nSPS) is 24.6. The van der Waals surface area contributed by atoms with E-state index in [1.54, 1.807) is 6.07 Å². The molecule has 3 rings (SSSR count). The summed E-state index contributed by atoms with van der Waals surface area (Å²) in [6.45, 7) is 0. The molecule has 112 valence electrons. The number of anilines is 1. The van der Waals surface area contributed by atoms with Gasteiger partial charge in [0.25, 0.3) is 0 Å². The highest BCUT2D eigenvalue weighted by Gasteiger charge is 2.48. The number of benzene rings is 1. The molecule has 2 saturated carbocycles. The summed E-state index contributed by atoms with van der Waals surface area (Å²) < 4.78 is 5.95. The van der Waals surface area contributed by atoms with Crippen LogP contribution in [0.25, 0.3) is 0 Å². The summed E-state index contributed by atoms with van der Waals surface area (Å²) in [5.74, 6) is -1.41. The number of hydrogen-bond acceptors (Lipinski definition) is 3. The predicted molar refractivity (Wildman–Crippen MR) is 77.2 cm³/mol. The smallest absolute Gasteiger partial charge is 0.307 e. The molecule has 0 bridgehead atoms. The lowest BCUT2D eigenvalue weighted by Gasteiger charge is -2.16. The summed E-state index contributed by atoms with van der Waals surface area (Å²) in [5, 5.41) is 11.7. The molecule has 0 aromatic heterocycles. The third-order valence-corrected chi connectivity index (χ3v) is 4.19. The van der Waals surface area contributed by atoms with Crippen LogP contribution < -0.4 is 10.1 Å². The number of ether oxygens (including phenoxy) is 1. The van der Waals surface area contributed by atoms with Gasteiger partial charge in [0.05, 0.1) is 23.6 Å². The van der Waals surface area contributed by atoms with E-state index in [0.717, 1.165) is 12.8 Å². The van der Waals surface area contributed by atoms with E-state index < -0.39 is 17.8 Å². The molecule has 1 amide bonds. The molecule has 2 aliphatic rings. The van der Waals surface area contributed by atoms with E-state index in [1.165, 1.54) is 12.8 Å². The summed E-state index contributed by atoms with van der Waals surface area (Å²) in [5.41, 5.74) is 0.630. The van der Waals surface area contributed by atoms with Crippen LogP contribution in [-0.4, -0.2) is 23.1 Å². The second kappa shape index (κ2) is 5.76. The minimum Gasteiger partial charge on any atom is -0.488 e. The van der Waals surface area contributed by atoms with Crippen LogP contribution in [-0.2, 0) is 9.59 Å². The number of carbonyl (C=O) groups excluding carboxylic acids is 1. The fourth-order valence-electron chi connectivity index (χ4n) is 2.84. The van der Waals surface area contributed by atoms with Crippen molar-refractivity contribution < 1.29 is 19.4 Å². The minimum atomic E-state index is -0.898. The minimum absolute atomic E-state index is 0.218. The Kier molecular flexibility index (Phi) is 3.82. The predicted octanol–water partition coefficient (Wildman–Crippen LogP) is 2.67. The largest absolute Gasteiger partial charge is 0.488 e. The van der Waals surface area contributed by atoms with Crippen molar-refractivity contribution in [2.75, 3.05) is 5.32 Å². The summed E-state index contributed by atoms with van der Waals surface area (Å²) in [6.07, 6.45) is 5.10. The van der Waals surface area contributed by atoms with Gasteiger partial charge >= 0.3 is 5.97 Å². The van der Waals surface area contributed by atoms with Crippen LogP contribution in [0.15, 0.2) is 24.3 Å². The van der Waals surface area contributed by atoms with Crippen molar-refractivity contribution in [3.63, 3.8) is 0 Å². The van der Waals surface area contributed by atoms with Gasteiger partial charge in [0.1, 0.15) is 5.75 Å². The van der Waals surface area contributed by atoms with Crippen LogP contribution >= 0.6 is 0 Å². The molecule has 0 unspecified atom stereocenters. The number of carboxylic acid groups (broad SMARTS) is 1. The van der Waals surface area contributed by atoms with Gasteiger partial charge in [-0.1, -0.05) is 12.1 Å². The highest BCUT2D eigenvalue weighted by atomic mass is 16.5. The van der Waals surface area contributed by atoms with Gasteiger partial charge in [-0.2, -0.15) is 0 Å². The molecule has 0 radical (unpaired) electrons. The first-order valence-electron chi connectivity index (χ1n) is 7.44. The molecular formula is C16H19NO4. The molecule has 2 aliphatic carbocycles. The van der Waals surface area contributed by atoms with Crippen LogP contribution in [0.5, 0.6) is 5.75 Å². The summed E-state index contributed by atoms with van der Waals surface area (Å²) in [6, 6.07) is 7.34. The second-order valence-corrected chi connectivity index (χ2v) is 5.80. The number of nitrogens with one attached hydrogen (secondary N) is 1. The molecule has 2 fully saturated rings. The second-order valence-electron chi connectivity index (χ2n) is 5.80. The summed E-state index contributed by atoms with van der Waals surface area (Å²) >= 11 is 0.